The number of oxazole rings is 1. The molecule has 0 N–H and O–H groups in total. The molecule has 1 saturated heterocycles. The Hall–Kier alpha value is -2.84. The van der Waals surface area contributed by atoms with E-state index in [1.165, 1.54) is 0 Å². The molecule has 29 heavy (non-hydrogen) atoms. The zero-order chi connectivity index (χ0) is 20.9. The van der Waals surface area contributed by atoms with Gasteiger partial charge in [0.05, 0.1) is 42.9 Å². The SMILES string of the molecule is Cc1ncc(C2CC(=O)N(c3cnn4c3CN(C(=O)OC(C)(C)C)[C@@H](C)C4)C2)o1. The highest BCUT2D eigenvalue weighted by molar-refractivity contribution is 5.96. The number of hydrogen-bond acceptors (Lipinski definition) is 6. The van der Waals surface area contributed by atoms with Crippen molar-refractivity contribution in [2.24, 2.45) is 0 Å². The van der Waals surface area contributed by atoms with Gasteiger partial charge in [-0.2, -0.15) is 5.10 Å². The number of aryl methyl sites for hydroxylation is 1. The lowest BCUT2D eigenvalue weighted by Crippen LogP contribution is -2.47. The molecule has 0 spiro atoms. The smallest absolute Gasteiger partial charge is 0.410 e. The highest BCUT2D eigenvalue weighted by Crippen LogP contribution is 2.35. The van der Waals surface area contributed by atoms with Crippen molar-refractivity contribution < 1.29 is 18.7 Å². The molecule has 2 aliphatic heterocycles. The Morgan fingerprint density at radius 3 is 2.69 bits per heavy atom. The molecule has 9 heteroatoms. The van der Waals surface area contributed by atoms with E-state index in [2.05, 4.69) is 10.1 Å². The Bertz CT molecular complexity index is 941. The predicted octanol–water partition coefficient (Wildman–Crippen LogP) is 2.84. The fourth-order valence-corrected chi connectivity index (χ4v) is 3.87. The topological polar surface area (TPSA) is 93.7 Å². The van der Waals surface area contributed by atoms with Crippen molar-refractivity contribution in [3.63, 3.8) is 0 Å². The standard InChI is InChI=1S/C20H27N5O4/c1-12-9-25-16(11-23(12)19(27)29-20(3,4)5)15(7-22-25)24-10-14(6-18(24)26)17-8-21-13(2)28-17/h7-8,12,14H,6,9-11H2,1-5H3/t12-,14?/m0/s1. The summed E-state index contributed by atoms with van der Waals surface area (Å²) in [5, 5.41) is 4.46. The maximum absolute atomic E-state index is 12.7. The summed E-state index contributed by atoms with van der Waals surface area (Å²) in [5.74, 6) is 1.30. The molecule has 4 heterocycles. The first-order valence-corrected chi connectivity index (χ1v) is 9.89. The van der Waals surface area contributed by atoms with Gasteiger partial charge in [0.1, 0.15) is 11.4 Å². The summed E-state index contributed by atoms with van der Waals surface area (Å²) < 4.78 is 13.1. The van der Waals surface area contributed by atoms with Gasteiger partial charge < -0.3 is 14.1 Å². The van der Waals surface area contributed by atoms with Crippen LogP contribution < -0.4 is 4.90 Å². The number of nitrogens with zero attached hydrogens (tertiary/aromatic N) is 5. The molecule has 2 atom stereocenters. The number of hydrogen-bond donors (Lipinski definition) is 0. The second kappa shape index (κ2) is 6.89. The van der Waals surface area contributed by atoms with Crippen LogP contribution in [0.5, 0.6) is 0 Å². The summed E-state index contributed by atoms with van der Waals surface area (Å²) >= 11 is 0. The Kier molecular flexibility index (Phi) is 4.63. The number of ether oxygens (including phenoxy) is 1. The number of rotatable bonds is 2. The second-order valence-electron chi connectivity index (χ2n) is 8.80. The van der Waals surface area contributed by atoms with Gasteiger partial charge in [-0.1, -0.05) is 0 Å². The molecule has 0 aromatic carbocycles. The van der Waals surface area contributed by atoms with E-state index >= 15 is 0 Å². The molecule has 1 unspecified atom stereocenters. The van der Waals surface area contributed by atoms with Crippen LogP contribution in [0.3, 0.4) is 0 Å². The number of carbonyl (C=O) groups is 2. The normalized spacial score (nSPS) is 22.2. The van der Waals surface area contributed by atoms with Crippen molar-refractivity contribution in [3.8, 4) is 0 Å². The van der Waals surface area contributed by atoms with Crippen molar-refractivity contribution in [1.82, 2.24) is 19.7 Å². The van der Waals surface area contributed by atoms with Crippen LogP contribution >= 0.6 is 0 Å². The molecule has 2 aliphatic rings. The van der Waals surface area contributed by atoms with Crippen molar-refractivity contribution in [2.45, 2.75) is 71.7 Å². The van der Waals surface area contributed by atoms with Gasteiger partial charge in [0, 0.05) is 25.8 Å². The first-order valence-electron chi connectivity index (χ1n) is 9.89. The van der Waals surface area contributed by atoms with E-state index in [4.69, 9.17) is 9.15 Å². The molecule has 4 rings (SSSR count). The van der Waals surface area contributed by atoms with Gasteiger partial charge in [-0.05, 0) is 27.7 Å². The van der Waals surface area contributed by atoms with Gasteiger partial charge >= 0.3 is 6.09 Å². The number of anilines is 1. The van der Waals surface area contributed by atoms with Crippen LogP contribution in [0.1, 0.15) is 57.4 Å². The Labute approximate surface area is 169 Å². The van der Waals surface area contributed by atoms with Crippen LogP contribution in [0.2, 0.25) is 0 Å². The van der Waals surface area contributed by atoms with Crippen molar-refractivity contribution in [1.29, 1.82) is 0 Å². The fourth-order valence-electron chi connectivity index (χ4n) is 3.87. The molecule has 9 nitrogen and oxygen atoms in total. The van der Waals surface area contributed by atoms with Gasteiger partial charge in [-0.15, -0.1) is 0 Å². The molecule has 156 valence electrons. The summed E-state index contributed by atoms with van der Waals surface area (Å²) in [5.41, 5.74) is 1.02. The lowest BCUT2D eigenvalue weighted by molar-refractivity contribution is -0.117. The van der Waals surface area contributed by atoms with E-state index in [0.717, 1.165) is 17.1 Å². The third-order valence-corrected chi connectivity index (χ3v) is 5.30. The van der Waals surface area contributed by atoms with Gasteiger partial charge in [0.15, 0.2) is 5.89 Å². The molecule has 2 aromatic heterocycles. The van der Waals surface area contributed by atoms with Crippen molar-refractivity contribution in [3.05, 3.63) is 29.7 Å². The van der Waals surface area contributed by atoms with Crippen LogP contribution in [-0.2, 0) is 22.6 Å². The molecule has 2 amide bonds. The number of aromatic nitrogens is 3. The van der Waals surface area contributed by atoms with Gasteiger partial charge in [-0.3, -0.25) is 14.4 Å². The number of amides is 2. The average molecular weight is 401 g/mol. The molecule has 0 radical (unpaired) electrons. The van der Waals surface area contributed by atoms with Crippen LogP contribution in [0.15, 0.2) is 16.8 Å². The van der Waals surface area contributed by atoms with Crippen LogP contribution in [0, 0.1) is 6.92 Å². The summed E-state index contributed by atoms with van der Waals surface area (Å²) in [6, 6.07) is -0.0516. The first kappa shape index (κ1) is 19.5. The minimum absolute atomic E-state index is 0.0160. The van der Waals surface area contributed by atoms with Crippen molar-refractivity contribution in [2.75, 3.05) is 11.4 Å². The second-order valence-corrected chi connectivity index (χ2v) is 8.80. The van der Waals surface area contributed by atoms with Gasteiger partial charge in [0.25, 0.3) is 0 Å². The number of carbonyl (C=O) groups excluding carboxylic acids is 2. The zero-order valence-corrected chi connectivity index (χ0v) is 17.5. The van der Waals surface area contributed by atoms with E-state index in [-0.39, 0.29) is 24.0 Å². The Balaban J connectivity index is 1.56. The third kappa shape index (κ3) is 3.73. The molecule has 1 fully saturated rings. The van der Waals surface area contributed by atoms with Crippen LogP contribution in [0.4, 0.5) is 10.5 Å². The maximum Gasteiger partial charge on any atom is 0.410 e. The van der Waals surface area contributed by atoms with Crippen LogP contribution in [0.25, 0.3) is 0 Å². The van der Waals surface area contributed by atoms with E-state index in [9.17, 15) is 9.59 Å². The highest BCUT2D eigenvalue weighted by atomic mass is 16.6. The maximum atomic E-state index is 12.7. The average Bonchev–Trinajstić information content (AvgIpc) is 3.30. The van der Waals surface area contributed by atoms with E-state index < -0.39 is 5.60 Å². The molecular weight excluding hydrogens is 374 g/mol. The Morgan fingerprint density at radius 2 is 2.03 bits per heavy atom. The van der Waals surface area contributed by atoms with Crippen LogP contribution in [-0.4, -0.2) is 49.9 Å². The summed E-state index contributed by atoms with van der Waals surface area (Å²) in [4.78, 5) is 33.0. The molecule has 0 bridgehead atoms. The van der Waals surface area contributed by atoms with Crippen molar-refractivity contribution >= 4 is 17.7 Å². The summed E-state index contributed by atoms with van der Waals surface area (Å²) in [6.45, 7) is 10.7. The number of fused-ring (bicyclic) bond motifs is 1. The van der Waals surface area contributed by atoms with Gasteiger partial charge in [0.2, 0.25) is 5.91 Å². The molecule has 0 aliphatic carbocycles. The lowest BCUT2D eigenvalue weighted by atomic mass is 10.1. The molecule has 0 saturated carbocycles. The summed E-state index contributed by atoms with van der Waals surface area (Å²) in [7, 11) is 0. The molecular formula is C20H27N5O4. The van der Waals surface area contributed by atoms with E-state index in [1.54, 1.807) is 29.1 Å². The fraction of sp³-hybridized carbons (Fsp3) is 0.600. The Morgan fingerprint density at radius 1 is 1.28 bits per heavy atom. The van der Waals surface area contributed by atoms with E-state index in [1.807, 2.05) is 32.4 Å². The van der Waals surface area contributed by atoms with Gasteiger partial charge in [-0.25, -0.2) is 9.78 Å². The predicted molar refractivity (Wildman–Crippen MR) is 104 cm³/mol. The highest BCUT2D eigenvalue weighted by Gasteiger charge is 2.38. The minimum atomic E-state index is -0.565. The quantitative estimate of drug-likeness (QED) is 0.768. The molecule has 2 aromatic rings. The minimum Gasteiger partial charge on any atom is -0.446 e. The first-order chi connectivity index (χ1) is 13.6. The third-order valence-electron chi connectivity index (χ3n) is 5.30. The largest absolute Gasteiger partial charge is 0.446 e. The summed E-state index contributed by atoms with van der Waals surface area (Å²) in [6.07, 6.45) is 3.42. The monoisotopic (exact) mass is 401 g/mol. The lowest BCUT2D eigenvalue weighted by Gasteiger charge is -2.36. The van der Waals surface area contributed by atoms with E-state index in [0.29, 0.717) is 31.9 Å². The zero-order valence-electron chi connectivity index (χ0n) is 17.5.